The highest BCUT2D eigenvalue weighted by atomic mass is 16.5. The smallest absolute Gasteiger partial charge is 0.225 e. The molecule has 0 saturated carbocycles. The predicted octanol–water partition coefficient (Wildman–Crippen LogP) is 2.08. The first-order valence-corrected chi connectivity index (χ1v) is 7.11. The minimum atomic E-state index is 0.281. The van der Waals surface area contributed by atoms with E-state index in [4.69, 9.17) is 4.74 Å². The quantitative estimate of drug-likeness (QED) is 0.882. The van der Waals surface area contributed by atoms with Crippen LogP contribution >= 0.6 is 0 Å². The Morgan fingerprint density at radius 1 is 1.42 bits per heavy atom. The minimum Gasteiger partial charge on any atom is -0.474 e. The highest BCUT2D eigenvalue weighted by Gasteiger charge is 2.19. The van der Waals surface area contributed by atoms with E-state index in [-0.39, 0.29) is 6.10 Å². The van der Waals surface area contributed by atoms with E-state index in [1.54, 1.807) is 0 Å². The third kappa shape index (κ3) is 4.06. The van der Waals surface area contributed by atoms with E-state index in [0.29, 0.717) is 5.95 Å². The Hall–Kier alpha value is -1.36. The first kappa shape index (κ1) is 14.1. The van der Waals surface area contributed by atoms with Gasteiger partial charge in [-0.3, -0.25) is 0 Å². The largest absolute Gasteiger partial charge is 0.474 e. The molecule has 0 aliphatic carbocycles. The van der Waals surface area contributed by atoms with Crippen molar-refractivity contribution in [3.63, 3.8) is 0 Å². The summed E-state index contributed by atoms with van der Waals surface area (Å²) in [5.41, 5.74) is 1.00. The van der Waals surface area contributed by atoms with Crippen LogP contribution in [0.15, 0.2) is 6.20 Å². The van der Waals surface area contributed by atoms with Crippen LogP contribution in [0.1, 0.15) is 31.7 Å². The Morgan fingerprint density at radius 2 is 2.16 bits per heavy atom. The van der Waals surface area contributed by atoms with Gasteiger partial charge in [-0.15, -0.1) is 0 Å². The molecule has 0 atom stereocenters. The van der Waals surface area contributed by atoms with Gasteiger partial charge in [0.2, 0.25) is 11.8 Å². The molecule has 1 aromatic heterocycles. The summed E-state index contributed by atoms with van der Waals surface area (Å²) in [7, 11) is 2.15. The van der Waals surface area contributed by atoms with Crippen molar-refractivity contribution in [2.24, 2.45) is 0 Å². The number of aromatic nitrogens is 2. The zero-order valence-electron chi connectivity index (χ0n) is 12.1. The van der Waals surface area contributed by atoms with Gasteiger partial charge in [0.05, 0.1) is 0 Å². The molecule has 0 unspecified atom stereocenters. The van der Waals surface area contributed by atoms with E-state index in [1.165, 1.54) is 0 Å². The second-order valence-corrected chi connectivity index (χ2v) is 5.23. The van der Waals surface area contributed by atoms with Crippen LogP contribution < -0.4 is 10.1 Å². The van der Waals surface area contributed by atoms with Gasteiger partial charge in [-0.1, -0.05) is 6.92 Å². The van der Waals surface area contributed by atoms with Crippen molar-refractivity contribution in [3.8, 4) is 5.88 Å². The maximum absolute atomic E-state index is 6.04. The number of anilines is 1. The monoisotopic (exact) mass is 264 g/mol. The van der Waals surface area contributed by atoms with Gasteiger partial charge in [0, 0.05) is 31.4 Å². The van der Waals surface area contributed by atoms with Gasteiger partial charge in [-0.2, -0.15) is 4.98 Å². The second-order valence-electron chi connectivity index (χ2n) is 5.23. The Bertz CT molecular complexity index is 402. The summed E-state index contributed by atoms with van der Waals surface area (Å²) in [4.78, 5) is 11.1. The van der Waals surface area contributed by atoms with Gasteiger partial charge in [0.15, 0.2) is 0 Å². The predicted molar refractivity (Wildman–Crippen MR) is 76.7 cm³/mol. The van der Waals surface area contributed by atoms with E-state index in [1.807, 2.05) is 13.1 Å². The van der Waals surface area contributed by atoms with E-state index in [0.717, 1.165) is 50.3 Å². The van der Waals surface area contributed by atoms with E-state index in [9.17, 15) is 0 Å². The lowest BCUT2D eigenvalue weighted by Gasteiger charge is -2.29. The fraction of sp³-hybridized carbons (Fsp3) is 0.714. The molecule has 1 aliphatic rings. The normalized spacial score (nSPS) is 17.4. The van der Waals surface area contributed by atoms with Crippen LogP contribution in [-0.4, -0.2) is 47.7 Å². The van der Waals surface area contributed by atoms with Gasteiger partial charge in [0.25, 0.3) is 0 Å². The average molecular weight is 264 g/mol. The molecule has 5 nitrogen and oxygen atoms in total. The number of nitrogens with one attached hydrogen (secondary N) is 1. The number of ether oxygens (including phenoxy) is 1. The number of rotatable bonds is 5. The van der Waals surface area contributed by atoms with Gasteiger partial charge < -0.3 is 15.0 Å². The molecule has 2 rings (SSSR count). The third-order valence-corrected chi connectivity index (χ3v) is 3.40. The van der Waals surface area contributed by atoms with Crippen LogP contribution in [0.2, 0.25) is 0 Å². The molecule has 1 aliphatic heterocycles. The third-order valence-electron chi connectivity index (χ3n) is 3.40. The number of aryl methyl sites for hydroxylation is 1. The summed E-state index contributed by atoms with van der Waals surface area (Å²) >= 11 is 0. The zero-order chi connectivity index (χ0) is 13.7. The van der Waals surface area contributed by atoms with E-state index in [2.05, 4.69) is 34.2 Å². The lowest BCUT2D eigenvalue weighted by Crippen LogP contribution is -2.36. The SMILES string of the molecule is CCCNc1ncc(C)c(OC2CCN(C)CC2)n1. The Kier molecular flexibility index (Phi) is 4.96. The minimum absolute atomic E-state index is 0.281. The van der Waals surface area contributed by atoms with Crippen molar-refractivity contribution in [2.75, 3.05) is 32.0 Å². The molecule has 1 aromatic rings. The fourth-order valence-electron chi connectivity index (χ4n) is 2.13. The second kappa shape index (κ2) is 6.70. The molecule has 106 valence electrons. The van der Waals surface area contributed by atoms with Crippen LogP contribution in [0.3, 0.4) is 0 Å². The summed E-state index contributed by atoms with van der Waals surface area (Å²) in [6.45, 7) is 7.19. The van der Waals surface area contributed by atoms with Crippen LogP contribution in [0.5, 0.6) is 5.88 Å². The van der Waals surface area contributed by atoms with Crippen LogP contribution in [-0.2, 0) is 0 Å². The molecule has 0 spiro atoms. The summed E-state index contributed by atoms with van der Waals surface area (Å²) in [5.74, 6) is 1.39. The van der Waals surface area contributed by atoms with Crippen molar-refractivity contribution in [2.45, 2.75) is 39.2 Å². The summed E-state index contributed by atoms with van der Waals surface area (Å²) < 4.78 is 6.04. The lowest BCUT2D eigenvalue weighted by molar-refractivity contribution is 0.109. The number of nitrogens with zero attached hydrogens (tertiary/aromatic N) is 3. The first-order valence-electron chi connectivity index (χ1n) is 7.11. The first-order chi connectivity index (χ1) is 9.19. The van der Waals surface area contributed by atoms with Crippen LogP contribution in [0.25, 0.3) is 0 Å². The highest BCUT2D eigenvalue weighted by molar-refractivity contribution is 5.32. The summed E-state index contributed by atoms with van der Waals surface area (Å²) in [5, 5.41) is 3.20. The van der Waals surface area contributed by atoms with E-state index >= 15 is 0 Å². The number of hydrogen-bond acceptors (Lipinski definition) is 5. The molecule has 0 aromatic carbocycles. The molecule has 5 heteroatoms. The maximum Gasteiger partial charge on any atom is 0.225 e. The average Bonchev–Trinajstić information content (AvgIpc) is 2.42. The number of hydrogen-bond donors (Lipinski definition) is 1. The lowest BCUT2D eigenvalue weighted by atomic mass is 10.1. The molecule has 1 saturated heterocycles. The molecule has 0 bridgehead atoms. The van der Waals surface area contributed by atoms with E-state index < -0.39 is 0 Å². The summed E-state index contributed by atoms with van der Waals surface area (Å²) in [6.07, 6.45) is 5.30. The molecule has 1 N–H and O–H groups in total. The van der Waals surface area contributed by atoms with Gasteiger partial charge in [-0.25, -0.2) is 4.98 Å². The van der Waals surface area contributed by atoms with Crippen LogP contribution in [0.4, 0.5) is 5.95 Å². The number of piperidine rings is 1. The van der Waals surface area contributed by atoms with Crippen molar-refractivity contribution >= 4 is 5.95 Å². The molecule has 0 amide bonds. The molecule has 2 heterocycles. The molecular weight excluding hydrogens is 240 g/mol. The molecule has 19 heavy (non-hydrogen) atoms. The molecule has 0 radical (unpaired) electrons. The fourth-order valence-corrected chi connectivity index (χ4v) is 2.13. The molecular formula is C14H24N4O. The molecule has 1 fully saturated rings. The van der Waals surface area contributed by atoms with Crippen molar-refractivity contribution in [1.82, 2.24) is 14.9 Å². The van der Waals surface area contributed by atoms with Crippen molar-refractivity contribution < 1.29 is 4.74 Å². The van der Waals surface area contributed by atoms with Gasteiger partial charge >= 0.3 is 0 Å². The number of likely N-dealkylation sites (tertiary alicyclic amines) is 1. The zero-order valence-corrected chi connectivity index (χ0v) is 12.1. The Labute approximate surface area is 115 Å². The van der Waals surface area contributed by atoms with Gasteiger partial charge in [-0.05, 0) is 33.2 Å². The van der Waals surface area contributed by atoms with Crippen molar-refractivity contribution in [1.29, 1.82) is 0 Å². The Morgan fingerprint density at radius 3 is 2.84 bits per heavy atom. The highest BCUT2D eigenvalue weighted by Crippen LogP contribution is 2.20. The standard InChI is InChI=1S/C14H24N4O/c1-4-7-15-14-16-10-11(2)13(17-14)19-12-5-8-18(3)9-6-12/h10,12H,4-9H2,1-3H3,(H,15,16,17). The Balaban J connectivity index is 1.98. The maximum atomic E-state index is 6.04. The topological polar surface area (TPSA) is 50.3 Å². The summed E-state index contributed by atoms with van der Waals surface area (Å²) in [6, 6.07) is 0. The van der Waals surface area contributed by atoms with Crippen molar-refractivity contribution in [3.05, 3.63) is 11.8 Å². The van der Waals surface area contributed by atoms with Crippen LogP contribution in [0, 0.1) is 6.92 Å². The van der Waals surface area contributed by atoms with Gasteiger partial charge in [0.1, 0.15) is 6.10 Å².